The van der Waals surface area contributed by atoms with Gasteiger partial charge in [0.2, 0.25) is 5.82 Å². The Labute approximate surface area is 159 Å². The van der Waals surface area contributed by atoms with Crippen molar-refractivity contribution in [3.8, 4) is 11.5 Å². The Bertz CT molecular complexity index is 919. The maximum absolute atomic E-state index is 13.7. The van der Waals surface area contributed by atoms with Crippen molar-refractivity contribution in [3.63, 3.8) is 0 Å². The number of hydrogen-bond donors (Lipinski definition) is 1. The maximum atomic E-state index is 13.7. The van der Waals surface area contributed by atoms with Crippen LogP contribution < -0.4 is 8.92 Å². The van der Waals surface area contributed by atoms with Gasteiger partial charge in [-0.15, -0.1) is 0 Å². The highest BCUT2D eigenvalue weighted by Gasteiger charge is 2.49. The van der Waals surface area contributed by atoms with Crippen molar-refractivity contribution in [2.45, 2.75) is 24.1 Å². The lowest BCUT2D eigenvalue weighted by Gasteiger charge is -2.18. The predicted molar refractivity (Wildman–Crippen MR) is 81.5 cm³/mol. The van der Waals surface area contributed by atoms with Gasteiger partial charge in [-0.1, -0.05) is 0 Å². The maximum Gasteiger partial charge on any atom is 0.534 e. The van der Waals surface area contributed by atoms with Crippen LogP contribution in [-0.2, 0) is 19.6 Å². The summed E-state index contributed by atoms with van der Waals surface area (Å²) in [6.45, 7) is -0.412. The number of ether oxygens (including phenoxy) is 2. The van der Waals surface area contributed by atoms with Gasteiger partial charge in [0, 0.05) is 18.6 Å². The van der Waals surface area contributed by atoms with Gasteiger partial charge in [0.15, 0.2) is 11.6 Å². The molecule has 15 heteroatoms. The zero-order chi connectivity index (χ0) is 22.1. The van der Waals surface area contributed by atoms with Crippen LogP contribution in [0.15, 0.2) is 12.1 Å². The highest BCUT2D eigenvalue weighted by Crippen LogP contribution is 2.33. The molecule has 1 saturated heterocycles. The molecule has 1 aliphatic heterocycles. The normalized spacial score (nSPS) is 19.7. The zero-order valence-corrected chi connectivity index (χ0v) is 15.1. The van der Waals surface area contributed by atoms with Crippen LogP contribution in [0.4, 0.5) is 26.7 Å². The van der Waals surface area contributed by atoms with Crippen LogP contribution in [0.2, 0.25) is 0 Å². The molecule has 0 radical (unpaired) electrons. The van der Waals surface area contributed by atoms with Crippen molar-refractivity contribution in [1.82, 2.24) is 4.90 Å². The molecule has 1 aliphatic rings. The van der Waals surface area contributed by atoms with E-state index in [1.165, 1.54) is 0 Å². The number of amides is 1. The molecule has 2 rings (SSSR count). The van der Waals surface area contributed by atoms with Gasteiger partial charge in [-0.2, -0.15) is 26.0 Å². The first-order valence-corrected chi connectivity index (χ1v) is 8.91. The van der Waals surface area contributed by atoms with E-state index in [2.05, 4.69) is 8.92 Å². The summed E-state index contributed by atoms with van der Waals surface area (Å²) in [5.74, 6) is -6.99. The summed E-state index contributed by atoms with van der Waals surface area (Å²) in [4.78, 5) is 23.5. The van der Waals surface area contributed by atoms with Crippen molar-refractivity contribution < 1.29 is 58.7 Å². The number of esters is 1. The molecular weight excluding hydrogens is 437 g/mol. The molecule has 2 atom stereocenters. The van der Waals surface area contributed by atoms with Crippen LogP contribution in [0.3, 0.4) is 0 Å². The van der Waals surface area contributed by atoms with Gasteiger partial charge in [-0.3, -0.25) is 4.90 Å². The molecule has 0 spiro atoms. The van der Waals surface area contributed by atoms with E-state index in [0.717, 1.165) is 7.11 Å². The number of carbonyl (C=O) groups excluding carboxylic acids is 1. The first-order chi connectivity index (χ1) is 13.3. The van der Waals surface area contributed by atoms with Gasteiger partial charge in [-0.05, 0) is 0 Å². The number of methoxy groups -OCH3 is 1. The Kier molecular flexibility index (Phi) is 6.10. The van der Waals surface area contributed by atoms with Crippen molar-refractivity contribution in [2.24, 2.45) is 0 Å². The van der Waals surface area contributed by atoms with E-state index in [0.29, 0.717) is 17.0 Å². The Morgan fingerprint density at radius 3 is 2.38 bits per heavy atom. The second-order valence-corrected chi connectivity index (χ2v) is 7.19. The van der Waals surface area contributed by atoms with Gasteiger partial charge >= 0.3 is 27.7 Å². The SMILES string of the molecule is COC(=O)[C@@H]1C[C@H](Oc2cc(F)c(F)c(OS(=O)(=O)C(F)(F)F)c2)CN1C(=O)O. The molecule has 0 aromatic heterocycles. The average molecular weight is 449 g/mol. The first-order valence-electron chi connectivity index (χ1n) is 7.50. The molecule has 1 N–H and O–H groups in total. The van der Waals surface area contributed by atoms with Crippen LogP contribution in [-0.4, -0.2) is 61.8 Å². The van der Waals surface area contributed by atoms with Crippen LogP contribution in [0.5, 0.6) is 11.5 Å². The quantitative estimate of drug-likeness (QED) is 0.313. The zero-order valence-electron chi connectivity index (χ0n) is 14.3. The number of benzene rings is 1. The number of nitrogens with zero attached hydrogens (tertiary/aromatic N) is 1. The van der Waals surface area contributed by atoms with Gasteiger partial charge in [0.05, 0.1) is 13.7 Å². The Morgan fingerprint density at radius 1 is 1.24 bits per heavy atom. The first kappa shape index (κ1) is 22.4. The minimum Gasteiger partial charge on any atom is -0.488 e. The average Bonchev–Trinajstić information content (AvgIpc) is 3.01. The number of likely N-dealkylation sites (tertiary alicyclic amines) is 1. The van der Waals surface area contributed by atoms with Crippen LogP contribution in [0.1, 0.15) is 6.42 Å². The molecule has 29 heavy (non-hydrogen) atoms. The molecular formula is C14H12F5NO8S. The number of carboxylic acid groups (broad SMARTS) is 1. The highest BCUT2D eigenvalue weighted by molar-refractivity contribution is 7.88. The lowest BCUT2D eigenvalue weighted by atomic mass is 10.2. The second-order valence-electron chi connectivity index (χ2n) is 5.65. The summed E-state index contributed by atoms with van der Waals surface area (Å²) in [5, 5.41) is 9.10. The van der Waals surface area contributed by atoms with Crippen LogP contribution >= 0.6 is 0 Å². The molecule has 1 fully saturated rings. The van der Waals surface area contributed by atoms with E-state index in [-0.39, 0.29) is 6.42 Å². The van der Waals surface area contributed by atoms with E-state index in [4.69, 9.17) is 9.84 Å². The lowest BCUT2D eigenvalue weighted by Crippen LogP contribution is -2.40. The van der Waals surface area contributed by atoms with Crippen molar-refractivity contribution in [1.29, 1.82) is 0 Å². The molecule has 1 aromatic carbocycles. The molecule has 162 valence electrons. The van der Waals surface area contributed by atoms with Gasteiger partial charge in [0.25, 0.3) is 0 Å². The Hall–Kier alpha value is -2.84. The number of alkyl halides is 3. The fourth-order valence-corrected chi connectivity index (χ4v) is 2.93. The fourth-order valence-electron chi connectivity index (χ4n) is 2.48. The predicted octanol–water partition coefficient (Wildman–Crippen LogP) is 1.87. The molecule has 0 bridgehead atoms. The van der Waals surface area contributed by atoms with E-state index in [9.17, 15) is 40.0 Å². The van der Waals surface area contributed by atoms with Crippen molar-refractivity contribution >= 4 is 22.2 Å². The van der Waals surface area contributed by atoms with Gasteiger partial charge in [0.1, 0.15) is 17.9 Å². The fraction of sp³-hybridized carbons (Fsp3) is 0.429. The third-order valence-electron chi connectivity index (χ3n) is 3.74. The molecule has 1 amide bonds. The summed E-state index contributed by atoms with van der Waals surface area (Å²) in [6, 6.07) is -0.536. The third-order valence-corrected chi connectivity index (χ3v) is 4.70. The van der Waals surface area contributed by atoms with Gasteiger partial charge < -0.3 is 18.8 Å². The van der Waals surface area contributed by atoms with E-state index >= 15 is 0 Å². The van der Waals surface area contributed by atoms with Crippen molar-refractivity contribution in [3.05, 3.63) is 23.8 Å². The molecule has 0 aliphatic carbocycles. The Morgan fingerprint density at radius 2 is 1.86 bits per heavy atom. The summed E-state index contributed by atoms with van der Waals surface area (Å²) in [6.07, 6.45) is -2.88. The summed E-state index contributed by atoms with van der Waals surface area (Å²) in [5.41, 5.74) is -5.89. The third kappa shape index (κ3) is 4.78. The molecule has 1 heterocycles. The van der Waals surface area contributed by atoms with E-state index < -0.39 is 69.5 Å². The Balaban J connectivity index is 2.27. The van der Waals surface area contributed by atoms with Crippen LogP contribution in [0, 0.1) is 11.6 Å². The summed E-state index contributed by atoms with van der Waals surface area (Å²) in [7, 11) is -5.28. The van der Waals surface area contributed by atoms with E-state index in [1.54, 1.807) is 0 Å². The van der Waals surface area contributed by atoms with Crippen LogP contribution in [0.25, 0.3) is 0 Å². The minimum absolute atomic E-state index is 0.269. The van der Waals surface area contributed by atoms with Crippen molar-refractivity contribution in [2.75, 3.05) is 13.7 Å². The molecule has 0 unspecified atom stereocenters. The molecule has 9 nitrogen and oxygen atoms in total. The number of halogens is 5. The largest absolute Gasteiger partial charge is 0.534 e. The summed E-state index contributed by atoms with van der Waals surface area (Å²) < 4.78 is 99.7. The monoisotopic (exact) mass is 449 g/mol. The lowest BCUT2D eigenvalue weighted by molar-refractivity contribution is -0.145. The number of hydrogen-bond acceptors (Lipinski definition) is 7. The smallest absolute Gasteiger partial charge is 0.488 e. The minimum atomic E-state index is -6.29. The number of rotatable bonds is 5. The molecule has 1 aromatic rings. The summed E-state index contributed by atoms with van der Waals surface area (Å²) >= 11 is 0. The topological polar surface area (TPSA) is 119 Å². The second kappa shape index (κ2) is 7.88. The number of carbonyl (C=O) groups is 2. The van der Waals surface area contributed by atoms with Gasteiger partial charge in [-0.25, -0.2) is 14.0 Å². The molecule has 0 saturated carbocycles. The highest BCUT2D eigenvalue weighted by atomic mass is 32.2. The van der Waals surface area contributed by atoms with E-state index in [1.807, 2.05) is 0 Å². The standard InChI is InChI=1S/C14H12F5NO8S/c1-26-12(21)9-3-7(5-20(9)13(22)23)27-6-2-8(15)11(16)10(4-6)28-29(24,25)14(17,18)19/h2,4,7,9H,3,5H2,1H3,(H,22,23)/t7-,9-/m0/s1.